The number of aromatic nitrogens is 1. The second-order valence-corrected chi connectivity index (χ2v) is 9.55. The molecule has 6 nitrogen and oxygen atoms in total. The quantitative estimate of drug-likeness (QED) is 0.545. The van der Waals surface area contributed by atoms with Crippen molar-refractivity contribution in [1.82, 2.24) is 14.4 Å². The van der Waals surface area contributed by atoms with Gasteiger partial charge in [-0.05, 0) is 44.4 Å². The molecule has 0 bridgehead atoms. The largest absolute Gasteiger partial charge is 0.372 e. The third kappa shape index (κ3) is 3.92. The molecular formula is C28H31N3O3. The molecule has 1 fully saturated rings. The highest BCUT2D eigenvalue weighted by molar-refractivity contribution is 6.35. The van der Waals surface area contributed by atoms with Gasteiger partial charge in [-0.2, -0.15) is 0 Å². The molecule has 6 heteroatoms. The molecule has 2 amide bonds. The molecule has 2 atom stereocenters. The highest BCUT2D eigenvalue weighted by atomic mass is 16.5. The number of hydrogen-bond acceptors (Lipinski definition) is 4. The molecule has 0 N–H and O–H groups in total. The van der Waals surface area contributed by atoms with E-state index in [1.165, 1.54) is 4.90 Å². The lowest BCUT2D eigenvalue weighted by molar-refractivity contribution is -0.138. The van der Waals surface area contributed by atoms with Crippen LogP contribution in [0.2, 0.25) is 0 Å². The molecular weight excluding hydrogens is 426 g/mol. The predicted molar refractivity (Wildman–Crippen MR) is 133 cm³/mol. The van der Waals surface area contributed by atoms with Crippen LogP contribution in [-0.2, 0) is 27.8 Å². The molecule has 2 aliphatic rings. The number of aryl methyl sites for hydroxylation is 2. The van der Waals surface area contributed by atoms with Gasteiger partial charge in [-0.25, -0.2) is 0 Å². The van der Waals surface area contributed by atoms with Gasteiger partial charge in [0, 0.05) is 43.8 Å². The summed E-state index contributed by atoms with van der Waals surface area (Å²) in [5, 5.41) is 1.16. The van der Waals surface area contributed by atoms with Gasteiger partial charge in [-0.15, -0.1) is 0 Å². The minimum absolute atomic E-state index is 0.0110. The van der Waals surface area contributed by atoms with Gasteiger partial charge in [0.15, 0.2) is 0 Å². The van der Waals surface area contributed by atoms with Crippen molar-refractivity contribution in [3.8, 4) is 0 Å². The van der Waals surface area contributed by atoms with E-state index in [0.29, 0.717) is 37.3 Å². The van der Waals surface area contributed by atoms with E-state index in [2.05, 4.69) is 22.9 Å². The lowest BCUT2D eigenvalue weighted by atomic mass is 10.0. The molecule has 0 radical (unpaired) electrons. The monoisotopic (exact) mass is 457 g/mol. The molecule has 1 aromatic heterocycles. The first kappa shape index (κ1) is 22.4. The van der Waals surface area contributed by atoms with Gasteiger partial charge in [0.25, 0.3) is 11.8 Å². The molecule has 2 unspecified atom stereocenters. The standard InChI is InChI=1S/C28H31N3O3/c1-18-9-11-21(12-10-18)25-26(30-15-19(2)34-20(3)16-30)28(33)31(27(25)32)14-13-22-17-29(4)24-8-6-5-7-23(22)24/h5-12,17,19-20H,13-16H2,1-4H3. The number of imide groups is 1. The van der Waals surface area contributed by atoms with Crippen LogP contribution in [0.15, 0.2) is 60.4 Å². The highest BCUT2D eigenvalue weighted by Crippen LogP contribution is 2.34. The van der Waals surface area contributed by atoms with Crippen LogP contribution in [0.25, 0.3) is 16.5 Å². The maximum atomic E-state index is 13.7. The Balaban J connectivity index is 1.48. The van der Waals surface area contributed by atoms with E-state index in [-0.39, 0.29) is 24.0 Å². The molecule has 34 heavy (non-hydrogen) atoms. The average Bonchev–Trinajstić information content (AvgIpc) is 3.25. The van der Waals surface area contributed by atoms with E-state index < -0.39 is 0 Å². The van der Waals surface area contributed by atoms with E-state index in [1.54, 1.807) is 0 Å². The first-order chi connectivity index (χ1) is 16.3. The summed E-state index contributed by atoms with van der Waals surface area (Å²) in [4.78, 5) is 30.9. The topological polar surface area (TPSA) is 54.8 Å². The number of carbonyl (C=O) groups is 2. The molecule has 1 saturated heterocycles. The van der Waals surface area contributed by atoms with E-state index in [0.717, 1.165) is 27.6 Å². The van der Waals surface area contributed by atoms with Crippen LogP contribution in [0.4, 0.5) is 0 Å². The van der Waals surface area contributed by atoms with Crippen LogP contribution >= 0.6 is 0 Å². The van der Waals surface area contributed by atoms with Crippen LogP contribution < -0.4 is 0 Å². The van der Waals surface area contributed by atoms with Crippen molar-refractivity contribution in [2.45, 2.75) is 39.4 Å². The fourth-order valence-corrected chi connectivity index (χ4v) is 5.26. The molecule has 5 rings (SSSR count). The predicted octanol–water partition coefficient (Wildman–Crippen LogP) is 3.92. The zero-order valence-corrected chi connectivity index (χ0v) is 20.2. The Morgan fingerprint density at radius 3 is 2.32 bits per heavy atom. The summed E-state index contributed by atoms with van der Waals surface area (Å²) in [6.45, 7) is 7.56. The van der Waals surface area contributed by atoms with E-state index in [9.17, 15) is 9.59 Å². The van der Waals surface area contributed by atoms with Crippen molar-refractivity contribution < 1.29 is 14.3 Å². The van der Waals surface area contributed by atoms with Crippen molar-refractivity contribution in [3.63, 3.8) is 0 Å². The zero-order chi connectivity index (χ0) is 24.0. The Bertz CT molecular complexity index is 1280. The molecule has 0 saturated carbocycles. The van der Waals surface area contributed by atoms with Crippen molar-refractivity contribution in [3.05, 3.63) is 77.1 Å². The third-order valence-corrected chi connectivity index (χ3v) is 6.80. The van der Waals surface area contributed by atoms with Gasteiger partial charge in [0.1, 0.15) is 5.70 Å². The lowest BCUT2D eigenvalue weighted by Crippen LogP contribution is -2.47. The van der Waals surface area contributed by atoms with Gasteiger partial charge in [0.05, 0.1) is 17.8 Å². The number of rotatable bonds is 5. The Kier molecular flexibility index (Phi) is 5.78. The van der Waals surface area contributed by atoms with Crippen LogP contribution in [0.3, 0.4) is 0 Å². The summed E-state index contributed by atoms with van der Waals surface area (Å²) in [6, 6.07) is 16.1. The smallest absolute Gasteiger partial charge is 0.277 e. The molecule has 0 aliphatic carbocycles. The maximum Gasteiger partial charge on any atom is 0.277 e. The normalized spacial score (nSPS) is 21.3. The second-order valence-electron chi connectivity index (χ2n) is 9.55. The number of benzene rings is 2. The fraction of sp³-hybridized carbons (Fsp3) is 0.357. The number of hydrogen-bond donors (Lipinski definition) is 0. The van der Waals surface area contributed by atoms with Crippen molar-refractivity contribution in [2.24, 2.45) is 7.05 Å². The first-order valence-electron chi connectivity index (χ1n) is 11.9. The zero-order valence-electron chi connectivity index (χ0n) is 20.2. The highest BCUT2D eigenvalue weighted by Gasteiger charge is 2.42. The summed E-state index contributed by atoms with van der Waals surface area (Å²) in [5.74, 6) is -0.419. The Morgan fingerprint density at radius 1 is 0.941 bits per heavy atom. The van der Waals surface area contributed by atoms with Gasteiger partial charge in [-0.3, -0.25) is 14.5 Å². The summed E-state index contributed by atoms with van der Waals surface area (Å²) in [5.41, 5.74) is 5.20. The fourth-order valence-electron chi connectivity index (χ4n) is 5.26. The van der Waals surface area contributed by atoms with E-state index in [1.807, 2.05) is 69.1 Å². The molecule has 3 heterocycles. The van der Waals surface area contributed by atoms with Crippen LogP contribution in [0, 0.1) is 6.92 Å². The molecule has 176 valence electrons. The first-order valence-corrected chi connectivity index (χ1v) is 11.9. The second kappa shape index (κ2) is 8.76. The van der Waals surface area contributed by atoms with Crippen molar-refractivity contribution in [1.29, 1.82) is 0 Å². The van der Waals surface area contributed by atoms with Gasteiger partial charge in [-0.1, -0.05) is 48.0 Å². The van der Waals surface area contributed by atoms with E-state index >= 15 is 0 Å². The number of fused-ring (bicyclic) bond motifs is 1. The minimum atomic E-state index is -0.212. The minimum Gasteiger partial charge on any atom is -0.372 e. The van der Waals surface area contributed by atoms with Crippen LogP contribution in [-0.4, -0.2) is 58.0 Å². The lowest BCUT2D eigenvalue weighted by Gasteiger charge is -2.37. The van der Waals surface area contributed by atoms with Gasteiger partial charge >= 0.3 is 0 Å². The summed E-state index contributed by atoms with van der Waals surface area (Å²) in [6.07, 6.45) is 2.69. The van der Waals surface area contributed by atoms with Gasteiger partial charge in [0.2, 0.25) is 0 Å². The Hall–Kier alpha value is -3.38. The number of carbonyl (C=O) groups excluding carboxylic acids is 2. The number of para-hydroxylation sites is 1. The SMILES string of the molecule is Cc1ccc(C2=C(N3CC(C)OC(C)C3)C(=O)N(CCc3cn(C)c4ccccc34)C2=O)cc1. The average molecular weight is 458 g/mol. The van der Waals surface area contributed by atoms with Crippen LogP contribution in [0.5, 0.6) is 0 Å². The van der Waals surface area contributed by atoms with E-state index in [4.69, 9.17) is 4.74 Å². The molecule has 2 aromatic carbocycles. The number of nitrogens with zero attached hydrogens (tertiary/aromatic N) is 3. The Morgan fingerprint density at radius 2 is 1.62 bits per heavy atom. The van der Waals surface area contributed by atoms with Crippen molar-refractivity contribution >= 4 is 28.3 Å². The summed E-state index contributed by atoms with van der Waals surface area (Å²) >= 11 is 0. The molecule has 3 aromatic rings. The molecule has 0 spiro atoms. The summed E-state index contributed by atoms with van der Waals surface area (Å²) < 4.78 is 7.99. The number of amides is 2. The van der Waals surface area contributed by atoms with Crippen LogP contribution in [0.1, 0.15) is 30.5 Å². The number of morpholine rings is 1. The van der Waals surface area contributed by atoms with Gasteiger partial charge < -0.3 is 14.2 Å². The Labute approximate surface area is 200 Å². The molecule has 2 aliphatic heterocycles. The maximum absolute atomic E-state index is 13.7. The number of ether oxygens (including phenoxy) is 1. The third-order valence-electron chi connectivity index (χ3n) is 6.80. The summed E-state index contributed by atoms with van der Waals surface area (Å²) in [7, 11) is 2.02. The van der Waals surface area contributed by atoms with Crippen molar-refractivity contribution in [2.75, 3.05) is 19.6 Å².